The first-order valence-electron chi connectivity index (χ1n) is 3.70. The maximum absolute atomic E-state index is 10.8. The molecule has 0 radical (unpaired) electrons. The summed E-state index contributed by atoms with van der Waals surface area (Å²) in [7, 11) is 3.03. The van der Waals surface area contributed by atoms with E-state index in [1.165, 1.54) is 14.2 Å². The van der Waals surface area contributed by atoms with Gasteiger partial charge in [-0.15, -0.1) is 0 Å². The predicted molar refractivity (Wildman–Crippen MR) is 48.1 cm³/mol. The van der Waals surface area contributed by atoms with Crippen molar-refractivity contribution in [2.45, 2.75) is 0 Å². The van der Waals surface area contributed by atoms with Gasteiger partial charge < -0.3 is 15.2 Å². The fourth-order valence-corrected chi connectivity index (χ4v) is 0.950. The molecule has 4 heteroatoms. The van der Waals surface area contributed by atoms with Crippen molar-refractivity contribution >= 4 is 5.91 Å². The van der Waals surface area contributed by atoms with Crippen molar-refractivity contribution < 1.29 is 14.3 Å². The maximum atomic E-state index is 10.8. The van der Waals surface area contributed by atoms with E-state index in [0.717, 1.165) is 0 Å². The molecule has 1 amide bonds. The van der Waals surface area contributed by atoms with Gasteiger partial charge in [-0.05, 0) is 12.1 Å². The van der Waals surface area contributed by atoms with Gasteiger partial charge in [-0.2, -0.15) is 0 Å². The molecule has 0 spiro atoms. The molecule has 2 N–H and O–H groups in total. The van der Waals surface area contributed by atoms with Crippen LogP contribution < -0.4 is 15.2 Å². The molecular formula is C9H11NO3. The number of hydrogen-bond donors (Lipinski definition) is 1. The quantitative estimate of drug-likeness (QED) is 0.750. The third-order valence-corrected chi connectivity index (χ3v) is 1.64. The van der Waals surface area contributed by atoms with Gasteiger partial charge in [0.05, 0.1) is 14.2 Å². The number of rotatable bonds is 3. The number of methoxy groups -OCH3 is 2. The second kappa shape index (κ2) is 3.80. The Morgan fingerprint density at radius 2 is 1.62 bits per heavy atom. The Kier molecular flexibility index (Phi) is 2.74. The minimum absolute atomic E-state index is 0.371. The Labute approximate surface area is 76.3 Å². The van der Waals surface area contributed by atoms with Gasteiger partial charge in [0.2, 0.25) is 5.91 Å². The second-order valence-corrected chi connectivity index (χ2v) is 2.47. The molecule has 0 aliphatic carbocycles. The highest BCUT2D eigenvalue weighted by atomic mass is 16.5. The molecule has 0 fully saturated rings. The van der Waals surface area contributed by atoms with Gasteiger partial charge >= 0.3 is 0 Å². The highest BCUT2D eigenvalue weighted by molar-refractivity contribution is 5.93. The summed E-state index contributed by atoms with van der Waals surface area (Å²) in [5.41, 5.74) is 5.48. The van der Waals surface area contributed by atoms with Crippen LogP contribution >= 0.6 is 0 Å². The molecule has 0 heterocycles. The van der Waals surface area contributed by atoms with E-state index in [4.69, 9.17) is 15.2 Å². The molecule has 0 saturated carbocycles. The van der Waals surface area contributed by atoms with E-state index in [1.54, 1.807) is 18.2 Å². The molecule has 1 aromatic carbocycles. The second-order valence-electron chi connectivity index (χ2n) is 2.47. The van der Waals surface area contributed by atoms with Gasteiger partial charge in [-0.3, -0.25) is 4.79 Å². The molecule has 0 aromatic heterocycles. The average molecular weight is 181 g/mol. The highest BCUT2D eigenvalue weighted by Gasteiger charge is 2.05. The first-order chi connectivity index (χ1) is 6.17. The van der Waals surface area contributed by atoms with Crippen LogP contribution in [0.5, 0.6) is 11.5 Å². The van der Waals surface area contributed by atoms with E-state index in [-0.39, 0.29) is 0 Å². The monoisotopic (exact) mass is 181 g/mol. The summed E-state index contributed by atoms with van der Waals surface area (Å²) in [6, 6.07) is 4.79. The first-order valence-corrected chi connectivity index (χ1v) is 3.70. The fourth-order valence-electron chi connectivity index (χ4n) is 0.950. The molecule has 0 aliphatic rings. The lowest BCUT2D eigenvalue weighted by atomic mass is 10.2. The van der Waals surface area contributed by atoms with Gasteiger partial charge in [0.15, 0.2) is 0 Å². The van der Waals surface area contributed by atoms with Crippen LogP contribution in [0.25, 0.3) is 0 Å². The van der Waals surface area contributed by atoms with Crippen molar-refractivity contribution in [2.75, 3.05) is 14.2 Å². The van der Waals surface area contributed by atoms with Crippen molar-refractivity contribution in [1.82, 2.24) is 0 Å². The van der Waals surface area contributed by atoms with Crippen LogP contribution in [0.3, 0.4) is 0 Å². The van der Waals surface area contributed by atoms with Crippen molar-refractivity contribution in [2.24, 2.45) is 5.73 Å². The van der Waals surface area contributed by atoms with Crippen LogP contribution in [0.4, 0.5) is 0 Å². The predicted octanol–water partition coefficient (Wildman–Crippen LogP) is 0.803. The lowest BCUT2D eigenvalue weighted by Crippen LogP contribution is -2.11. The molecule has 1 aromatic rings. The highest BCUT2D eigenvalue weighted by Crippen LogP contribution is 2.21. The Morgan fingerprint density at radius 3 is 1.92 bits per heavy atom. The van der Waals surface area contributed by atoms with E-state index < -0.39 is 5.91 Å². The standard InChI is InChI=1S/C9H11NO3/c1-12-7-3-6(9(10)11)4-8(5-7)13-2/h3-5H,1-2H3,(H2,10,11). The Balaban J connectivity index is 3.14. The zero-order chi connectivity index (χ0) is 9.84. The fraction of sp³-hybridized carbons (Fsp3) is 0.222. The summed E-state index contributed by atoms with van der Waals surface area (Å²) in [6.07, 6.45) is 0. The molecule has 0 saturated heterocycles. The Hall–Kier alpha value is -1.71. The number of amides is 1. The first kappa shape index (κ1) is 9.38. The minimum Gasteiger partial charge on any atom is -0.497 e. The van der Waals surface area contributed by atoms with E-state index in [2.05, 4.69) is 0 Å². The van der Waals surface area contributed by atoms with E-state index in [1.807, 2.05) is 0 Å². The number of carbonyl (C=O) groups is 1. The third kappa shape index (κ3) is 2.11. The summed E-state index contributed by atoms with van der Waals surface area (Å²) < 4.78 is 9.92. The van der Waals surface area contributed by atoms with Crippen molar-refractivity contribution in [3.8, 4) is 11.5 Å². The largest absolute Gasteiger partial charge is 0.497 e. The van der Waals surface area contributed by atoms with Crippen LogP contribution in [0.1, 0.15) is 10.4 Å². The zero-order valence-electron chi connectivity index (χ0n) is 7.53. The van der Waals surface area contributed by atoms with Gasteiger partial charge in [-0.25, -0.2) is 0 Å². The van der Waals surface area contributed by atoms with E-state index in [0.29, 0.717) is 17.1 Å². The third-order valence-electron chi connectivity index (χ3n) is 1.64. The molecule has 0 aliphatic heterocycles. The van der Waals surface area contributed by atoms with Crippen LogP contribution in [0.15, 0.2) is 18.2 Å². The topological polar surface area (TPSA) is 61.6 Å². The van der Waals surface area contributed by atoms with Gasteiger partial charge in [0, 0.05) is 11.6 Å². The number of nitrogens with two attached hydrogens (primary N) is 1. The SMILES string of the molecule is COc1cc(OC)cc(C(N)=O)c1. The molecule has 4 nitrogen and oxygen atoms in total. The average Bonchev–Trinajstić information content (AvgIpc) is 2.16. The Morgan fingerprint density at radius 1 is 1.15 bits per heavy atom. The minimum atomic E-state index is -0.503. The number of hydrogen-bond acceptors (Lipinski definition) is 3. The molecule has 13 heavy (non-hydrogen) atoms. The molecule has 0 unspecified atom stereocenters. The van der Waals surface area contributed by atoms with Crippen molar-refractivity contribution in [3.63, 3.8) is 0 Å². The summed E-state index contributed by atoms with van der Waals surface area (Å²) in [4.78, 5) is 10.8. The number of benzene rings is 1. The van der Waals surface area contributed by atoms with Crippen molar-refractivity contribution in [3.05, 3.63) is 23.8 Å². The number of carbonyl (C=O) groups excluding carboxylic acids is 1. The number of ether oxygens (including phenoxy) is 2. The lowest BCUT2D eigenvalue weighted by Gasteiger charge is -2.05. The van der Waals surface area contributed by atoms with Crippen LogP contribution in [0, 0.1) is 0 Å². The van der Waals surface area contributed by atoms with Crippen LogP contribution in [-0.2, 0) is 0 Å². The smallest absolute Gasteiger partial charge is 0.248 e. The molecule has 0 atom stereocenters. The maximum Gasteiger partial charge on any atom is 0.248 e. The van der Waals surface area contributed by atoms with E-state index in [9.17, 15) is 4.79 Å². The van der Waals surface area contributed by atoms with E-state index >= 15 is 0 Å². The molecule has 70 valence electrons. The molecular weight excluding hydrogens is 170 g/mol. The summed E-state index contributed by atoms with van der Waals surface area (Å²) >= 11 is 0. The summed E-state index contributed by atoms with van der Waals surface area (Å²) in [6.45, 7) is 0. The normalized spacial score (nSPS) is 9.38. The van der Waals surface area contributed by atoms with Crippen molar-refractivity contribution in [1.29, 1.82) is 0 Å². The molecule has 1 rings (SSSR count). The van der Waals surface area contributed by atoms with Gasteiger partial charge in [-0.1, -0.05) is 0 Å². The lowest BCUT2D eigenvalue weighted by molar-refractivity contribution is 0.0999. The van der Waals surface area contributed by atoms with Gasteiger partial charge in [0.1, 0.15) is 11.5 Å². The van der Waals surface area contributed by atoms with Crippen LogP contribution in [-0.4, -0.2) is 20.1 Å². The van der Waals surface area contributed by atoms with Gasteiger partial charge in [0.25, 0.3) is 0 Å². The number of primary amides is 1. The summed E-state index contributed by atoms with van der Waals surface area (Å²) in [5.74, 6) is 0.596. The molecule has 0 bridgehead atoms. The zero-order valence-corrected chi connectivity index (χ0v) is 7.53. The van der Waals surface area contributed by atoms with Crippen LogP contribution in [0.2, 0.25) is 0 Å². The summed E-state index contributed by atoms with van der Waals surface area (Å²) in [5, 5.41) is 0. The Bertz CT molecular complexity index is 300.